The average Bonchev–Trinajstić information content (AvgIpc) is 3.24. The molecule has 0 N–H and O–H groups in total. The van der Waals surface area contributed by atoms with Gasteiger partial charge < -0.3 is 4.90 Å². The summed E-state index contributed by atoms with van der Waals surface area (Å²) >= 11 is 0. The highest BCUT2D eigenvalue weighted by Crippen LogP contribution is 2.26. The van der Waals surface area contributed by atoms with Crippen LogP contribution in [0.4, 0.5) is 0 Å². The van der Waals surface area contributed by atoms with E-state index in [4.69, 9.17) is 0 Å². The predicted molar refractivity (Wildman–Crippen MR) is 103 cm³/mol. The second kappa shape index (κ2) is 8.31. The molecule has 1 aromatic rings. The summed E-state index contributed by atoms with van der Waals surface area (Å²) in [4.78, 5) is 24.0. The lowest BCUT2D eigenvalue weighted by Gasteiger charge is -2.42. The maximum absolute atomic E-state index is 12.7. The van der Waals surface area contributed by atoms with E-state index in [1.165, 1.54) is 18.4 Å². The lowest BCUT2D eigenvalue weighted by atomic mass is 9.93. The van der Waals surface area contributed by atoms with Crippen LogP contribution in [-0.2, 0) is 11.3 Å². The molecule has 3 aliphatic heterocycles. The number of nitrogens with zero attached hydrogens (tertiary/aromatic N) is 4. The van der Waals surface area contributed by atoms with Crippen molar-refractivity contribution in [3.8, 4) is 0 Å². The first kappa shape index (κ1) is 17.7. The van der Waals surface area contributed by atoms with Crippen LogP contribution >= 0.6 is 0 Å². The van der Waals surface area contributed by atoms with E-state index in [2.05, 4.69) is 39.1 Å². The monoisotopic (exact) mass is 354 g/mol. The molecule has 1 aromatic heterocycles. The Labute approximate surface area is 156 Å². The molecule has 0 radical (unpaired) electrons. The minimum Gasteiger partial charge on any atom is -0.335 e. The molecule has 2 saturated heterocycles. The molecule has 4 rings (SSSR count). The van der Waals surface area contributed by atoms with Gasteiger partial charge in [0, 0.05) is 44.6 Å². The summed E-state index contributed by atoms with van der Waals surface area (Å²) in [6, 6.07) is 4.87. The summed E-state index contributed by atoms with van der Waals surface area (Å²) < 4.78 is 0. The van der Waals surface area contributed by atoms with Gasteiger partial charge in [-0.15, -0.1) is 0 Å². The summed E-state index contributed by atoms with van der Waals surface area (Å²) in [5.41, 5.74) is 1.35. The molecular formula is C21H30N4O. The highest BCUT2D eigenvalue weighted by Gasteiger charge is 2.33. The van der Waals surface area contributed by atoms with Crippen molar-refractivity contribution in [3.05, 3.63) is 42.2 Å². The minimum absolute atomic E-state index is 0.207. The number of hydrogen-bond acceptors (Lipinski definition) is 4. The van der Waals surface area contributed by atoms with Crippen LogP contribution in [0.25, 0.3) is 0 Å². The maximum atomic E-state index is 12.7. The van der Waals surface area contributed by atoms with Crippen LogP contribution in [0, 0.1) is 5.92 Å². The molecule has 5 nitrogen and oxygen atoms in total. The molecule has 26 heavy (non-hydrogen) atoms. The topological polar surface area (TPSA) is 39.7 Å². The van der Waals surface area contributed by atoms with Gasteiger partial charge in [0.2, 0.25) is 5.91 Å². The fourth-order valence-corrected chi connectivity index (χ4v) is 4.64. The number of likely N-dealkylation sites (tertiary alicyclic amines) is 2. The van der Waals surface area contributed by atoms with Crippen LogP contribution < -0.4 is 0 Å². The van der Waals surface area contributed by atoms with Crippen LogP contribution in [0.1, 0.15) is 31.2 Å². The molecule has 5 heteroatoms. The minimum atomic E-state index is 0.207. The Kier molecular flexibility index (Phi) is 5.65. The Morgan fingerprint density at radius 1 is 1.04 bits per heavy atom. The molecule has 2 fully saturated rings. The molecule has 0 spiro atoms. The molecule has 1 amide bonds. The summed E-state index contributed by atoms with van der Waals surface area (Å²) in [5.74, 6) is 0.577. The number of pyridine rings is 1. The largest absolute Gasteiger partial charge is 0.335 e. The molecule has 0 aliphatic carbocycles. The highest BCUT2D eigenvalue weighted by molar-refractivity contribution is 5.79. The first-order chi connectivity index (χ1) is 12.8. The van der Waals surface area contributed by atoms with Gasteiger partial charge in [0.05, 0.1) is 5.92 Å². The van der Waals surface area contributed by atoms with E-state index in [1.807, 2.05) is 17.3 Å². The molecule has 140 valence electrons. The van der Waals surface area contributed by atoms with Crippen molar-refractivity contribution in [1.29, 1.82) is 0 Å². The third-order valence-corrected chi connectivity index (χ3v) is 6.16. The Morgan fingerprint density at radius 3 is 2.50 bits per heavy atom. The molecule has 0 bridgehead atoms. The van der Waals surface area contributed by atoms with Gasteiger partial charge >= 0.3 is 0 Å². The molecular weight excluding hydrogens is 324 g/mol. The van der Waals surface area contributed by atoms with Crippen LogP contribution in [0.5, 0.6) is 0 Å². The molecule has 4 heterocycles. The fourth-order valence-electron chi connectivity index (χ4n) is 4.64. The zero-order valence-electron chi connectivity index (χ0n) is 15.6. The summed E-state index contributed by atoms with van der Waals surface area (Å²) in [7, 11) is 0. The van der Waals surface area contributed by atoms with Crippen molar-refractivity contribution in [2.45, 2.75) is 38.3 Å². The van der Waals surface area contributed by atoms with Crippen LogP contribution in [0.2, 0.25) is 0 Å². The highest BCUT2D eigenvalue weighted by atomic mass is 16.2. The van der Waals surface area contributed by atoms with E-state index in [1.54, 1.807) is 0 Å². The van der Waals surface area contributed by atoms with Crippen molar-refractivity contribution in [2.24, 2.45) is 5.92 Å². The van der Waals surface area contributed by atoms with E-state index in [0.717, 1.165) is 58.7 Å². The zero-order valence-corrected chi connectivity index (χ0v) is 15.6. The number of amides is 1. The first-order valence-corrected chi connectivity index (χ1v) is 10.1. The molecule has 0 saturated carbocycles. The predicted octanol–water partition coefficient (Wildman–Crippen LogP) is 2.16. The van der Waals surface area contributed by atoms with Gasteiger partial charge in [0.1, 0.15) is 0 Å². The van der Waals surface area contributed by atoms with Crippen LogP contribution in [0.15, 0.2) is 36.7 Å². The smallest absolute Gasteiger partial charge is 0.227 e. The number of carbonyl (C=O) groups is 1. The van der Waals surface area contributed by atoms with Gasteiger partial charge in [-0.05, 0) is 63.0 Å². The Balaban J connectivity index is 1.26. The SMILES string of the molecule is O=C([C@@H]1CCCN(C2CCN(Cc3ccncc3)CC2)C1)N1CC=CC1. The van der Waals surface area contributed by atoms with Crippen LogP contribution in [-0.4, -0.2) is 70.9 Å². The van der Waals surface area contributed by atoms with Gasteiger partial charge in [-0.3, -0.25) is 19.6 Å². The molecule has 0 unspecified atom stereocenters. The lowest BCUT2D eigenvalue weighted by molar-refractivity contribution is -0.136. The van der Waals surface area contributed by atoms with E-state index in [-0.39, 0.29) is 5.92 Å². The van der Waals surface area contributed by atoms with E-state index in [9.17, 15) is 4.79 Å². The van der Waals surface area contributed by atoms with Gasteiger partial charge in [0.15, 0.2) is 0 Å². The first-order valence-electron chi connectivity index (χ1n) is 10.1. The van der Waals surface area contributed by atoms with E-state index < -0.39 is 0 Å². The van der Waals surface area contributed by atoms with E-state index >= 15 is 0 Å². The number of piperidine rings is 2. The zero-order chi connectivity index (χ0) is 17.8. The number of carbonyl (C=O) groups excluding carboxylic acids is 1. The standard InChI is InChI=1S/C21H30N4O/c26-21(24-11-1-2-12-24)19-4-3-13-25(17-19)20-7-14-23(15-8-20)16-18-5-9-22-10-6-18/h1-2,5-6,9-10,19-20H,3-4,7-8,11-17H2/t19-/m1/s1. The number of hydrogen-bond donors (Lipinski definition) is 0. The fraction of sp³-hybridized carbons (Fsp3) is 0.619. The van der Waals surface area contributed by atoms with Gasteiger partial charge in [0.25, 0.3) is 0 Å². The van der Waals surface area contributed by atoms with Crippen LogP contribution in [0.3, 0.4) is 0 Å². The van der Waals surface area contributed by atoms with Gasteiger partial charge in [-0.25, -0.2) is 0 Å². The third-order valence-electron chi connectivity index (χ3n) is 6.16. The second-order valence-corrected chi connectivity index (χ2v) is 7.91. The third kappa shape index (κ3) is 4.15. The summed E-state index contributed by atoms with van der Waals surface area (Å²) in [5, 5.41) is 0. The molecule has 0 aromatic carbocycles. The summed E-state index contributed by atoms with van der Waals surface area (Å²) in [6.45, 7) is 7.07. The normalized spacial score (nSPS) is 25.7. The second-order valence-electron chi connectivity index (χ2n) is 7.91. The number of aromatic nitrogens is 1. The van der Waals surface area contributed by atoms with Crippen molar-refractivity contribution < 1.29 is 4.79 Å². The summed E-state index contributed by atoms with van der Waals surface area (Å²) in [6.07, 6.45) is 12.6. The van der Waals surface area contributed by atoms with Crippen molar-refractivity contribution >= 4 is 5.91 Å². The Bertz CT molecular complexity index is 616. The number of rotatable bonds is 4. The van der Waals surface area contributed by atoms with Gasteiger partial charge in [-0.2, -0.15) is 0 Å². The quantitative estimate of drug-likeness (QED) is 0.777. The van der Waals surface area contributed by atoms with Gasteiger partial charge in [-0.1, -0.05) is 12.2 Å². The lowest BCUT2D eigenvalue weighted by Crippen LogP contribution is -2.51. The molecule has 1 atom stereocenters. The van der Waals surface area contributed by atoms with Crippen molar-refractivity contribution in [1.82, 2.24) is 19.7 Å². The maximum Gasteiger partial charge on any atom is 0.227 e. The Morgan fingerprint density at radius 2 is 1.77 bits per heavy atom. The van der Waals surface area contributed by atoms with Crippen molar-refractivity contribution in [2.75, 3.05) is 39.3 Å². The molecule has 3 aliphatic rings. The van der Waals surface area contributed by atoms with Crippen molar-refractivity contribution in [3.63, 3.8) is 0 Å². The average molecular weight is 354 g/mol. The van der Waals surface area contributed by atoms with E-state index in [0.29, 0.717) is 11.9 Å². The Hall–Kier alpha value is -1.72.